The van der Waals surface area contributed by atoms with E-state index in [1.807, 2.05) is 0 Å². The van der Waals surface area contributed by atoms with Crippen molar-refractivity contribution in [1.29, 1.82) is 0 Å². The van der Waals surface area contributed by atoms with Crippen LogP contribution in [0.25, 0.3) is 0 Å². The maximum Gasteiger partial charge on any atom is 0.306 e. The first-order valence-corrected chi connectivity index (χ1v) is 26.7. The molecule has 0 aliphatic carbocycles. The molecule has 0 bridgehead atoms. The van der Waals surface area contributed by atoms with Crippen molar-refractivity contribution in [1.82, 2.24) is 0 Å². The predicted octanol–water partition coefficient (Wildman–Crippen LogP) is 14.2. The Morgan fingerprint density at radius 2 is 0.875 bits per heavy atom. The summed E-state index contributed by atoms with van der Waals surface area (Å²) in [6.07, 6.45) is 57.1. The van der Waals surface area contributed by atoms with Gasteiger partial charge in [0.15, 0.2) is 6.10 Å². The number of rotatable bonds is 48. The number of nitrogens with zero attached hydrogens (tertiary/aromatic N) is 1. The van der Waals surface area contributed by atoms with Gasteiger partial charge in [0.25, 0.3) is 0 Å². The van der Waals surface area contributed by atoms with Crippen LogP contribution in [-0.2, 0) is 28.6 Å². The maximum atomic E-state index is 12.8. The van der Waals surface area contributed by atoms with E-state index in [0.29, 0.717) is 12.8 Å². The fourth-order valence-corrected chi connectivity index (χ4v) is 7.80. The van der Waals surface area contributed by atoms with E-state index in [0.717, 1.165) is 70.6 Å². The smallest absolute Gasteiger partial charge is 0.306 e. The molecule has 0 heterocycles. The van der Waals surface area contributed by atoms with Crippen LogP contribution >= 0.6 is 0 Å². The van der Waals surface area contributed by atoms with Crippen molar-refractivity contribution in [2.24, 2.45) is 0 Å². The van der Waals surface area contributed by atoms with Crippen molar-refractivity contribution in [3.63, 3.8) is 0 Å². The Morgan fingerprint density at radius 3 is 1.30 bits per heavy atom. The first-order valence-electron chi connectivity index (χ1n) is 26.7. The Labute approximate surface area is 395 Å². The number of likely N-dealkylation sites (N-methyl/N-ethyl adjacent to an activating group) is 1. The van der Waals surface area contributed by atoms with Crippen LogP contribution in [0.1, 0.15) is 239 Å². The number of carboxylic acid groups (broad SMARTS) is 1. The lowest BCUT2D eigenvalue weighted by Gasteiger charge is -2.34. The summed E-state index contributed by atoms with van der Waals surface area (Å²) in [5.74, 6) is -1.76. The molecule has 8 heteroatoms. The average molecular weight is 900 g/mol. The Kier molecular flexibility index (Phi) is 44.8. The Bertz CT molecular complexity index is 1190. The lowest BCUT2D eigenvalue weighted by Crippen LogP contribution is -2.55. The summed E-state index contributed by atoms with van der Waals surface area (Å²) < 4.78 is 17.2. The van der Waals surface area contributed by atoms with Crippen molar-refractivity contribution >= 4 is 17.9 Å². The van der Waals surface area contributed by atoms with E-state index in [4.69, 9.17) is 14.2 Å². The highest BCUT2D eigenvalue weighted by molar-refractivity contribution is 5.70. The molecule has 0 aromatic carbocycles. The van der Waals surface area contributed by atoms with Crippen molar-refractivity contribution < 1.29 is 38.2 Å². The number of esters is 2. The SMILES string of the molecule is CCCCCCCCC/C=C/C=C/CCCCCCCC(=O)OC(COCCC(C(=O)[O-])[N+](C)(C)C)COC(=O)CCCCCCCCC/C=C/C/C=C/CCCCCCCCCC. The molecular weight excluding hydrogens is 799 g/mol. The Morgan fingerprint density at radius 1 is 0.484 bits per heavy atom. The highest BCUT2D eigenvalue weighted by Crippen LogP contribution is 2.15. The molecule has 0 N–H and O–H groups in total. The molecule has 0 saturated carbocycles. The van der Waals surface area contributed by atoms with Gasteiger partial charge in [0.05, 0.1) is 40.3 Å². The minimum absolute atomic E-state index is 0.0317. The minimum Gasteiger partial charge on any atom is -0.544 e. The molecule has 0 spiro atoms. The number of ether oxygens (including phenoxy) is 3. The Balaban J connectivity index is 4.26. The summed E-state index contributed by atoms with van der Waals surface area (Å²) in [6.45, 7) is 4.65. The van der Waals surface area contributed by atoms with E-state index in [1.165, 1.54) is 135 Å². The van der Waals surface area contributed by atoms with Gasteiger partial charge in [-0.3, -0.25) is 9.59 Å². The monoisotopic (exact) mass is 900 g/mol. The topological polar surface area (TPSA) is 102 Å². The summed E-state index contributed by atoms with van der Waals surface area (Å²) in [5, 5.41) is 11.7. The first kappa shape index (κ1) is 61.3. The highest BCUT2D eigenvalue weighted by atomic mass is 16.6. The Hall–Kier alpha value is -2.71. The number of carboxylic acids is 1. The fraction of sp³-hybridized carbons (Fsp3) is 0.804. The summed E-state index contributed by atoms with van der Waals surface area (Å²) in [7, 11) is 5.41. The molecule has 0 saturated heterocycles. The molecule has 0 amide bonds. The van der Waals surface area contributed by atoms with Crippen LogP contribution in [0.5, 0.6) is 0 Å². The number of hydrogen-bond donors (Lipinski definition) is 0. The van der Waals surface area contributed by atoms with Gasteiger partial charge in [-0.2, -0.15) is 0 Å². The van der Waals surface area contributed by atoms with Gasteiger partial charge >= 0.3 is 11.9 Å². The van der Waals surface area contributed by atoms with Crippen LogP contribution in [0.15, 0.2) is 48.6 Å². The molecule has 64 heavy (non-hydrogen) atoms. The van der Waals surface area contributed by atoms with Crippen LogP contribution in [0.3, 0.4) is 0 Å². The molecule has 372 valence electrons. The first-order chi connectivity index (χ1) is 31.1. The normalized spacial score (nSPS) is 13.2. The van der Waals surface area contributed by atoms with Gasteiger partial charge in [0.1, 0.15) is 12.6 Å². The van der Waals surface area contributed by atoms with Gasteiger partial charge in [-0.05, 0) is 70.6 Å². The van der Waals surface area contributed by atoms with Crippen LogP contribution in [-0.4, -0.2) is 75.5 Å². The summed E-state index contributed by atoms with van der Waals surface area (Å²) in [6, 6.07) is -0.731. The van der Waals surface area contributed by atoms with Crippen LogP contribution in [0.2, 0.25) is 0 Å². The number of carbonyl (C=O) groups is 3. The number of allylic oxidation sites excluding steroid dienone is 8. The molecule has 0 rings (SSSR count). The molecule has 0 aliphatic rings. The largest absolute Gasteiger partial charge is 0.544 e. The van der Waals surface area contributed by atoms with E-state index in [2.05, 4.69) is 62.5 Å². The van der Waals surface area contributed by atoms with Gasteiger partial charge in [-0.25, -0.2) is 0 Å². The van der Waals surface area contributed by atoms with Gasteiger partial charge in [0.2, 0.25) is 0 Å². The number of carbonyl (C=O) groups excluding carboxylic acids is 3. The third-order valence-corrected chi connectivity index (χ3v) is 12.0. The molecule has 2 atom stereocenters. The summed E-state index contributed by atoms with van der Waals surface area (Å²) in [4.78, 5) is 37.1. The quantitative estimate of drug-likeness (QED) is 0.0197. The lowest BCUT2D eigenvalue weighted by atomic mass is 10.1. The molecule has 0 radical (unpaired) electrons. The molecule has 0 aliphatic heterocycles. The maximum absolute atomic E-state index is 12.8. The lowest BCUT2D eigenvalue weighted by molar-refractivity contribution is -0.889. The van der Waals surface area contributed by atoms with Gasteiger partial charge in [0, 0.05) is 19.3 Å². The molecule has 2 unspecified atom stereocenters. The zero-order chi connectivity index (χ0) is 47.0. The zero-order valence-electron chi connectivity index (χ0n) is 42.4. The van der Waals surface area contributed by atoms with E-state index in [-0.39, 0.29) is 42.7 Å². The van der Waals surface area contributed by atoms with Gasteiger partial charge in [-0.1, -0.05) is 197 Å². The van der Waals surface area contributed by atoms with Crippen molar-refractivity contribution in [2.45, 2.75) is 251 Å². The van der Waals surface area contributed by atoms with Gasteiger partial charge < -0.3 is 28.6 Å². The van der Waals surface area contributed by atoms with E-state index < -0.39 is 18.1 Å². The second-order valence-electron chi connectivity index (χ2n) is 19.1. The van der Waals surface area contributed by atoms with Crippen molar-refractivity contribution in [2.75, 3.05) is 41.0 Å². The van der Waals surface area contributed by atoms with E-state index in [9.17, 15) is 19.5 Å². The van der Waals surface area contributed by atoms with Crippen LogP contribution in [0, 0.1) is 0 Å². The van der Waals surface area contributed by atoms with Crippen LogP contribution < -0.4 is 5.11 Å². The third kappa shape index (κ3) is 44.5. The fourth-order valence-electron chi connectivity index (χ4n) is 7.80. The number of hydrogen-bond acceptors (Lipinski definition) is 7. The van der Waals surface area contributed by atoms with Crippen LogP contribution in [0.4, 0.5) is 0 Å². The number of unbranched alkanes of at least 4 members (excludes halogenated alkanes) is 27. The van der Waals surface area contributed by atoms with Crippen molar-refractivity contribution in [3.05, 3.63) is 48.6 Å². The second kappa shape index (κ2) is 46.8. The highest BCUT2D eigenvalue weighted by Gasteiger charge is 2.25. The van der Waals surface area contributed by atoms with Crippen molar-refractivity contribution in [3.8, 4) is 0 Å². The standard InChI is InChI=1S/C56H101NO7/c1-6-8-10-12-14-16-18-20-22-24-26-27-28-29-31-32-34-36-38-40-42-44-46-54(58)63-51-52(50-62-49-48-53(56(60)61)57(3,4)5)64-55(59)47-45-43-41-39-37-35-33-30-25-23-21-19-17-15-13-11-9-7-2/h23-26,28-30,33,52-53H,6-22,27,31-32,34-51H2,1-5H3/b25-23+,26-24+,29-28+,33-30+. The molecule has 0 fully saturated rings. The second-order valence-corrected chi connectivity index (χ2v) is 19.1. The van der Waals surface area contributed by atoms with E-state index >= 15 is 0 Å². The number of quaternary nitrogens is 1. The van der Waals surface area contributed by atoms with E-state index in [1.54, 1.807) is 21.1 Å². The molecular formula is C56H101NO7. The molecule has 8 nitrogen and oxygen atoms in total. The summed E-state index contributed by atoms with van der Waals surface area (Å²) >= 11 is 0. The average Bonchev–Trinajstić information content (AvgIpc) is 3.26. The molecule has 0 aromatic heterocycles. The predicted molar refractivity (Wildman–Crippen MR) is 268 cm³/mol. The third-order valence-electron chi connectivity index (χ3n) is 12.0. The molecule has 0 aromatic rings. The number of aliphatic carboxylic acids is 1. The minimum atomic E-state index is -1.13. The zero-order valence-corrected chi connectivity index (χ0v) is 42.4. The summed E-state index contributed by atoms with van der Waals surface area (Å²) in [5.41, 5.74) is 0. The van der Waals surface area contributed by atoms with Gasteiger partial charge in [-0.15, -0.1) is 0 Å².